The summed E-state index contributed by atoms with van der Waals surface area (Å²) >= 11 is 0. The van der Waals surface area contributed by atoms with Crippen molar-refractivity contribution in [3.8, 4) is 0 Å². The van der Waals surface area contributed by atoms with Crippen molar-refractivity contribution in [2.75, 3.05) is 6.61 Å². The van der Waals surface area contributed by atoms with Gasteiger partial charge in [0.1, 0.15) is 10.5 Å². The van der Waals surface area contributed by atoms with E-state index in [0.717, 1.165) is 5.56 Å². The summed E-state index contributed by atoms with van der Waals surface area (Å²) in [6, 6.07) is 6.15. The van der Waals surface area contributed by atoms with Gasteiger partial charge in [-0.25, -0.2) is 13.2 Å². The lowest BCUT2D eigenvalue weighted by atomic mass is 10.2. The van der Waals surface area contributed by atoms with Crippen LogP contribution in [0.1, 0.15) is 28.5 Å². The number of aromatic amines is 1. The molecule has 0 unspecified atom stereocenters. The second-order valence-corrected chi connectivity index (χ2v) is 6.91. The molecule has 6 nitrogen and oxygen atoms in total. The third-order valence-corrected chi connectivity index (χ3v) is 5.24. The number of aromatic nitrogens is 1. The normalized spacial score (nSPS) is 11.3. The van der Waals surface area contributed by atoms with E-state index in [-0.39, 0.29) is 22.8 Å². The van der Waals surface area contributed by atoms with Crippen molar-refractivity contribution < 1.29 is 17.9 Å². The molecule has 2 rings (SSSR count). The molecule has 0 saturated heterocycles. The van der Waals surface area contributed by atoms with Gasteiger partial charge >= 0.3 is 5.97 Å². The molecule has 0 aliphatic heterocycles. The topological polar surface area (TPSA) is 93.3 Å². The van der Waals surface area contributed by atoms with Crippen molar-refractivity contribution in [3.05, 3.63) is 57.5 Å². The van der Waals surface area contributed by atoms with E-state index < -0.39 is 26.1 Å². The van der Waals surface area contributed by atoms with Crippen LogP contribution in [0.5, 0.6) is 0 Å². The summed E-state index contributed by atoms with van der Waals surface area (Å²) in [5.41, 5.74) is -0.123. The van der Waals surface area contributed by atoms with E-state index in [9.17, 15) is 18.0 Å². The molecule has 0 fully saturated rings. The number of carbonyl (C=O) groups excluding carboxylic acids is 1. The van der Waals surface area contributed by atoms with Gasteiger partial charge in [-0.3, -0.25) is 4.79 Å². The Morgan fingerprint density at radius 1 is 1.17 bits per heavy atom. The van der Waals surface area contributed by atoms with Crippen molar-refractivity contribution in [2.24, 2.45) is 0 Å². The number of pyridine rings is 1. The maximum absolute atomic E-state index is 12.7. The number of hydrogen-bond acceptors (Lipinski definition) is 5. The average Bonchev–Trinajstić information content (AvgIpc) is 2.47. The van der Waals surface area contributed by atoms with E-state index in [1.54, 1.807) is 19.1 Å². The van der Waals surface area contributed by atoms with Crippen molar-refractivity contribution in [1.29, 1.82) is 0 Å². The Bertz CT molecular complexity index is 895. The minimum absolute atomic E-state index is 0.00212. The molecule has 0 aliphatic carbocycles. The van der Waals surface area contributed by atoms with Crippen LogP contribution in [0.4, 0.5) is 0 Å². The molecule has 1 N–H and O–H groups in total. The van der Waals surface area contributed by atoms with Crippen molar-refractivity contribution in [3.63, 3.8) is 0 Å². The molecular weight excluding hydrogens is 318 g/mol. The molecule has 7 heteroatoms. The van der Waals surface area contributed by atoms with Gasteiger partial charge in [-0.15, -0.1) is 0 Å². The van der Waals surface area contributed by atoms with Gasteiger partial charge in [0.2, 0.25) is 15.3 Å². The van der Waals surface area contributed by atoms with Gasteiger partial charge in [-0.1, -0.05) is 17.7 Å². The Labute approximate surface area is 134 Å². The number of rotatable bonds is 4. The van der Waals surface area contributed by atoms with Crippen LogP contribution in [0.15, 0.2) is 45.0 Å². The zero-order valence-electron chi connectivity index (χ0n) is 13.0. The fourth-order valence-corrected chi connectivity index (χ4v) is 3.67. The highest BCUT2D eigenvalue weighted by Gasteiger charge is 2.27. The zero-order chi connectivity index (χ0) is 17.2. The van der Waals surface area contributed by atoms with Crippen LogP contribution in [-0.4, -0.2) is 26.0 Å². The van der Waals surface area contributed by atoms with E-state index in [4.69, 9.17) is 4.74 Å². The number of nitrogens with one attached hydrogen (secondary N) is 1. The average molecular weight is 335 g/mol. The van der Waals surface area contributed by atoms with E-state index in [1.165, 1.54) is 25.3 Å². The van der Waals surface area contributed by atoms with Gasteiger partial charge in [0, 0.05) is 11.9 Å². The summed E-state index contributed by atoms with van der Waals surface area (Å²) < 4.78 is 30.3. The molecule has 0 spiro atoms. The van der Waals surface area contributed by atoms with Gasteiger partial charge < -0.3 is 9.72 Å². The van der Waals surface area contributed by atoms with Crippen LogP contribution < -0.4 is 5.43 Å². The highest BCUT2D eigenvalue weighted by Crippen LogP contribution is 2.21. The molecule has 1 heterocycles. The van der Waals surface area contributed by atoms with E-state index in [0.29, 0.717) is 0 Å². The Morgan fingerprint density at radius 3 is 2.35 bits per heavy atom. The molecule has 0 radical (unpaired) electrons. The van der Waals surface area contributed by atoms with E-state index in [1.807, 2.05) is 6.92 Å². The number of carbonyl (C=O) groups is 1. The number of H-pyrrole nitrogens is 1. The van der Waals surface area contributed by atoms with Crippen LogP contribution in [0.3, 0.4) is 0 Å². The minimum Gasteiger partial charge on any atom is -0.462 e. The maximum atomic E-state index is 12.7. The Kier molecular flexibility index (Phi) is 4.70. The van der Waals surface area contributed by atoms with Gasteiger partial charge in [-0.05, 0) is 32.9 Å². The number of aryl methyl sites for hydroxylation is 2. The Morgan fingerprint density at radius 2 is 1.78 bits per heavy atom. The summed E-state index contributed by atoms with van der Waals surface area (Å²) in [6.45, 7) is 4.99. The first-order chi connectivity index (χ1) is 10.8. The van der Waals surface area contributed by atoms with Gasteiger partial charge in [0.15, 0.2) is 0 Å². The third-order valence-electron chi connectivity index (χ3n) is 3.32. The predicted molar refractivity (Wildman–Crippen MR) is 84.4 cm³/mol. The number of sulfone groups is 1. The molecule has 122 valence electrons. The van der Waals surface area contributed by atoms with Crippen LogP contribution >= 0.6 is 0 Å². The summed E-state index contributed by atoms with van der Waals surface area (Å²) in [5.74, 6) is -0.853. The molecule has 2 aromatic rings. The number of esters is 1. The highest BCUT2D eigenvalue weighted by atomic mass is 32.2. The fourth-order valence-electron chi connectivity index (χ4n) is 2.12. The van der Waals surface area contributed by atoms with Crippen LogP contribution in [0.25, 0.3) is 0 Å². The fraction of sp³-hybridized carbons (Fsp3) is 0.250. The lowest BCUT2D eigenvalue weighted by Gasteiger charge is -2.09. The lowest BCUT2D eigenvalue weighted by Crippen LogP contribution is -2.25. The van der Waals surface area contributed by atoms with Crippen molar-refractivity contribution in [1.82, 2.24) is 4.98 Å². The molecule has 0 amide bonds. The monoisotopic (exact) mass is 335 g/mol. The Hall–Kier alpha value is -2.41. The summed E-state index contributed by atoms with van der Waals surface area (Å²) in [7, 11) is -4.04. The summed E-state index contributed by atoms with van der Waals surface area (Å²) in [5, 5.41) is 0. The molecule has 1 aromatic heterocycles. The summed E-state index contributed by atoms with van der Waals surface area (Å²) in [4.78, 5) is 26.5. The SMILES string of the molecule is CCOC(=O)c1c[nH]c(C)c(S(=O)(=O)c2ccc(C)cc2)c1=O. The number of benzene rings is 1. The van der Waals surface area contributed by atoms with Crippen LogP contribution in [0.2, 0.25) is 0 Å². The number of hydrogen-bond donors (Lipinski definition) is 1. The lowest BCUT2D eigenvalue weighted by molar-refractivity contribution is 0.0524. The minimum atomic E-state index is -4.04. The molecule has 0 aliphatic rings. The van der Waals surface area contributed by atoms with Gasteiger partial charge in [-0.2, -0.15) is 0 Å². The Balaban J connectivity index is 2.67. The van der Waals surface area contributed by atoms with Crippen molar-refractivity contribution >= 4 is 15.8 Å². The maximum Gasteiger partial charge on any atom is 0.343 e. The molecule has 0 bridgehead atoms. The largest absolute Gasteiger partial charge is 0.462 e. The first-order valence-electron chi connectivity index (χ1n) is 7.00. The van der Waals surface area contributed by atoms with Crippen LogP contribution in [0, 0.1) is 13.8 Å². The standard InChI is InChI=1S/C16H17NO5S/c1-4-22-16(19)13-9-17-11(3)15(14(13)18)23(20,21)12-7-5-10(2)6-8-12/h5-9H,4H2,1-3H3,(H,17,18). The predicted octanol–water partition coefficient (Wildman–Crippen LogP) is 2.00. The van der Waals surface area contributed by atoms with Gasteiger partial charge in [0.05, 0.1) is 11.5 Å². The van der Waals surface area contributed by atoms with Crippen LogP contribution in [-0.2, 0) is 14.6 Å². The van der Waals surface area contributed by atoms with Crippen molar-refractivity contribution in [2.45, 2.75) is 30.6 Å². The first kappa shape index (κ1) is 17.0. The molecule has 0 saturated carbocycles. The highest BCUT2D eigenvalue weighted by molar-refractivity contribution is 7.91. The van der Waals surface area contributed by atoms with E-state index in [2.05, 4.69) is 4.98 Å². The second kappa shape index (κ2) is 6.37. The first-order valence-corrected chi connectivity index (χ1v) is 8.48. The summed E-state index contributed by atoms with van der Waals surface area (Å²) in [6.07, 6.45) is 1.17. The smallest absolute Gasteiger partial charge is 0.343 e. The van der Waals surface area contributed by atoms with E-state index >= 15 is 0 Å². The quantitative estimate of drug-likeness (QED) is 0.863. The third kappa shape index (κ3) is 3.19. The zero-order valence-corrected chi connectivity index (χ0v) is 13.9. The molecule has 1 aromatic carbocycles. The van der Waals surface area contributed by atoms with Gasteiger partial charge in [0.25, 0.3) is 0 Å². The number of ether oxygens (including phenoxy) is 1. The second-order valence-electron chi connectivity index (χ2n) is 5.02. The molecule has 0 atom stereocenters. The molecular formula is C16H17NO5S. The molecule has 23 heavy (non-hydrogen) atoms.